The number of rotatable bonds is 4. The van der Waals surface area contributed by atoms with Crippen LogP contribution < -0.4 is 11.1 Å². The van der Waals surface area contributed by atoms with Crippen molar-refractivity contribution in [2.75, 3.05) is 37.2 Å². The number of pyridine rings is 1. The lowest BCUT2D eigenvalue weighted by Gasteiger charge is -2.30. The molecule has 1 aliphatic heterocycles. The first-order valence-electron chi connectivity index (χ1n) is 6.52. The van der Waals surface area contributed by atoms with Crippen molar-refractivity contribution in [3.8, 4) is 0 Å². The summed E-state index contributed by atoms with van der Waals surface area (Å²) in [5.74, 6) is 0.888. The third-order valence-electron chi connectivity index (χ3n) is 3.54. The van der Waals surface area contributed by atoms with E-state index < -0.39 is 0 Å². The standard InChI is InChI=1S/C13H21BrN4/c1-10-2-5-18(6-3-10)7-4-17-13-11(14)8-16-9-12(13)15/h8-10H,2-7,15H2,1H3,(H,16,17). The van der Waals surface area contributed by atoms with Crippen LogP contribution in [-0.4, -0.2) is 36.1 Å². The van der Waals surface area contributed by atoms with Crippen LogP contribution in [0.1, 0.15) is 19.8 Å². The molecule has 4 nitrogen and oxygen atoms in total. The number of likely N-dealkylation sites (tertiary alicyclic amines) is 1. The number of hydrogen-bond donors (Lipinski definition) is 2. The molecule has 0 aliphatic carbocycles. The van der Waals surface area contributed by atoms with Gasteiger partial charge in [0.2, 0.25) is 0 Å². The van der Waals surface area contributed by atoms with Crippen molar-refractivity contribution >= 4 is 27.3 Å². The molecule has 0 radical (unpaired) electrons. The Labute approximate surface area is 117 Å². The minimum absolute atomic E-state index is 0.691. The van der Waals surface area contributed by atoms with Gasteiger partial charge in [0.15, 0.2) is 0 Å². The van der Waals surface area contributed by atoms with Crippen LogP contribution in [-0.2, 0) is 0 Å². The number of nitrogens with one attached hydrogen (secondary N) is 1. The monoisotopic (exact) mass is 312 g/mol. The van der Waals surface area contributed by atoms with Crippen LogP contribution in [0.2, 0.25) is 0 Å². The molecule has 100 valence electrons. The fraction of sp³-hybridized carbons (Fsp3) is 0.615. The summed E-state index contributed by atoms with van der Waals surface area (Å²) in [6, 6.07) is 0. The summed E-state index contributed by atoms with van der Waals surface area (Å²) in [4.78, 5) is 6.54. The number of nitrogens with two attached hydrogens (primary N) is 1. The third kappa shape index (κ3) is 3.59. The van der Waals surface area contributed by atoms with Crippen LogP contribution >= 0.6 is 15.9 Å². The minimum Gasteiger partial charge on any atom is -0.396 e. The van der Waals surface area contributed by atoms with E-state index in [1.807, 2.05) is 0 Å². The van der Waals surface area contributed by atoms with E-state index in [9.17, 15) is 0 Å². The molecule has 2 rings (SSSR count). The first-order valence-corrected chi connectivity index (χ1v) is 7.31. The maximum Gasteiger partial charge on any atom is 0.0750 e. The molecule has 1 saturated heterocycles. The number of anilines is 2. The predicted molar refractivity (Wildman–Crippen MR) is 79.7 cm³/mol. The van der Waals surface area contributed by atoms with E-state index in [4.69, 9.17) is 5.73 Å². The summed E-state index contributed by atoms with van der Waals surface area (Å²) in [5, 5.41) is 3.39. The first-order chi connectivity index (χ1) is 8.66. The van der Waals surface area contributed by atoms with Gasteiger partial charge in [0.1, 0.15) is 0 Å². The molecule has 0 aromatic carbocycles. The Kier molecular flexibility index (Phi) is 4.83. The highest BCUT2D eigenvalue weighted by molar-refractivity contribution is 9.10. The van der Waals surface area contributed by atoms with Crippen molar-refractivity contribution in [2.45, 2.75) is 19.8 Å². The highest BCUT2D eigenvalue weighted by Gasteiger charge is 2.15. The zero-order chi connectivity index (χ0) is 13.0. The molecule has 3 N–H and O–H groups in total. The Balaban J connectivity index is 1.78. The SMILES string of the molecule is CC1CCN(CCNc2c(N)cncc2Br)CC1. The van der Waals surface area contributed by atoms with Gasteiger partial charge in [-0.1, -0.05) is 6.92 Å². The zero-order valence-corrected chi connectivity index (χ0v) is 12.4. The van der Waals surface area contributed by atoms with Crippen molar-refractivity contribution in [1.29, 1.82) is 0 Å². The molecule has 0 spiro atoms. The molecule has 18 heavy (non-hydrogen) atoms. The van der Waals surface area contributed by atoms with Crippen molar-refractivity contribution in [3.63, 3.8) is 0 Å². The number of halogens is 1. The molecule has 1 aliphatic rings. The van der Waals surface area contributed by atoms with Gasteiger partial charge in [-0.2, -0.15) is 0 Å². The number of nitrogens with zero attached hydrogens (tertiary/aromatic N) is 2. The molecule has 0 bridgehead atoms. The van der Waals surface area contributed by atoms with Gasteiger partial charge in [-0.15, -0.1) is 0 Å². The van der Waals surface area contributed by atoms with Crippen LogP contribution in [0.3, 0.4) is 0 Å². The Hall–Kier alpha value is -0.810. The molecule has 0 saturated carbocycles. The average molecular weight is 313 g/mol. The zero-order valence-electron chi connectivity index (χ0n) is 10.8. The first kappa shape index (κ1) is 13.6. The Bertz CT molecular complexity index is 368. The van der Waals surface area contributed by atoms with Gasteiger partial charge in [-0.25, -0.2) is 0 Å². The van der Waals surface area contributed by atoms with E-state index in [0.717, 1.165) is 29.2 Å². The second-order valence-corrected chi connectivity index (χ2v) is 5.89. The smallest absolute Gasteiger partial charge is 0.0750 e. The van der Waals surface area contributed by atoms with Gasteiger partial charge in [-0.3, -0.25) is 4.98 Å². The molecular formula is C13H21BrN4. The second-order valence-electron chi connectivity index (χ2n) is 5.04. The Morgan fingerprint density at radius 1 is 1.44 bits per heavy atom. The number of hydrogen-bond acceptors (Lipinski definition) is 4. The third-order valence-corrected chi connectivity index (χ3v) is 4.14. The minimum atomic E-state index is 0.691. The predicted octanol–water partition coefficient (Wildman–Crippen LogP) is 2.57. The maximum atomic E-state index is 5.89. The Morgan fingerprint density at radius 3 is 2.83 bits per heavy atom. The molecule has 0 atom stereocenters. The lowest BCUT2D eigenvalue weighted by Crippen LogP contribution is -2.36. The molecule has 5 heteroatoms. The van der Waals surface area contributed by atoms with E-state index in [-0.39, 0.29) is 0 Å². The van der Waals surface area contributed by atoms with Gasteiger partial charge >= 0.3 is 0 Å². The summed E-state index contributed by atoms with van der Waals surface area (Å²) < 4.78 is 0.926. The number of piperidine rings is 1. The molecule has 1 aromatic rings. The molecule has 0 amide bonds. The lowest BCUT2D eigenvalue weighted by molar-refractivity contribution is 0.199. The van der Waals surface area contributed by atoms with E-state index >= 15 is 0 Å². The highest BCUT2D eigenvalue weighted by Crippen LogP contribution is 2.26. The lowest BCUT2D eigenvalue weighted by atomic mass is 9.99. The summed E-state index contributed by atoms with van der Waals surface area (Å²) in [6.45, 7) is 6.76. The summed E-state index contributed by atoms with van der Waals surface area (Å²) in [7, 11) is 0. The van der Waals surface area contributed by atoms with E-state index in [1.165, 1.54) is 25.9 Å². The quantitative estimate of drug-likeness (QED) is 0.897. The summed E-state index contributed by atoms with van der Waals surface area (Å²) >= 11 is 3.46. The highest BCUT2D eigenvalue weighted by atomic mass is 79.9. The molecule has 1 fully saturated rings. The normalized spacial score (nSPS) is 17.9. The molecule has 2 heterocycles. The molecular weight excluding hydrogens is 292 g/mol. The van der Waals surface area contributed by atoms with Crippen molar-refractivity contribution < 1.29 is 0 Å². The van der Waals surface area contributed by atoms with Crippen LogP contribution in [0.25, 0.3) is 0 Å². The van der Waals surface area contributed by atoms with Crippen molar-refractivity contribution in [1.82, 2.24) is 9.88 Å². The number of nitrogen functional groups attached to an aromatic ring is 1. The van der Waals surface area contributed by atoms with Gasteiger partial charge < -0.3 is 16.0 Å². The van der Waals surface area contributed by atoms with Crippen LogP contribution in [0.5, 0.6) is 0 Å². The largest absolute Gasteiger partial charge is 0.396 e. The van der Waals surface area contributed by atoms with Gasteiger partial charge in [0.25, 0.3) is 0 Å². The van der Waals surface area contributed by atoms with Crippen molar-refractivity contribution in [3.05, 3.63) is 16.9 Å². The average Bonchev–Trinajstić information content (AvgIpc) is 2.35. The van der Waals surface area contributed by atoms with E-state index in [0.29, 0.717) is 5.69 Å². The van der Waals surface area contributed by atoms with Gasteiger partial charge in [0.05, 0.1) is 22.0 Å². The van der Waals surface area contributed by atoms with E-state index in [2.05, 4.69) is 38.1 Å². The fourth-order valence-corrected chi connectivity index (χ4v) is 2.75. The summed E-state index contributed by atoms with van der Waals surface area (Å²) in [6.07, 6.45) is 6.08. The van der Waals surface area contributed by atoms with E-state index in [1.54, 1.807) is 12.4 Å². The fourth-order valence-electron chi connectivity index (χ4n) is 2.26. The van der Waals surface area contributed by atoms with Crippen LogP contribution in [0.15, 0.2) is 16.9 Å². The van der Waals surface area contributed by atoms with Crippen LogP contribution in [0, 0.1) is 5.92 Å². The summed E-state index contributed by atoms with van der Waals surface area (Å²) in [5.41, 5.74) is 7.54. The second kappa shape index (κ2) is 6.38. The molecule has 0 unspecified atom stereocenters. The topological polar surface area (TPSA) is 54.2 Å². The molecule has 1 aromatic heterocycles. The Morgan fingerprint density at radius 2 is 2.17 bits per heavy atom. The van der Waals surface area contributed by atoms with Crippen LogP contribution in [0.4, 0.5) is 11.4 Å². The number of aromatic nitrogens is 1. The van der Waals surface area contributed by atoms with Gasteiger partial charge in [-0.05, 0) is 47.8 Å². The van der Waals surface area contributed by atoms with Gasteiger partial charge in [0, 0.05) is 19.3 Å². The van der Waals surface area contributed by atoms with Crippen molar-refractivity contribution in [2.24, 2.45) is 5.92 Å². The maximum absolute atomic E-state index is 5.89.